The van der Waals surface area contributed by atoms with Gasteiger partial charge in [0.1, 0.15) is 13.2 Å². The van der Waals surface area contributed by atoms with Gasteiger partial charge in [-0.2, -0.15) is 0 Å². The minimum absolute atomic E-state index is 0.0148. The number of benzene rings is 1. The average molecular weight is 503 g/mol. The molecule has 36 heavy (non-hydrogen) atoms. The molecule has 1 aromatic carbocycles. The maximum atomic E-state index is 13.0. The van der Waals surface area contributed by atoms with Crippen molar-refractivity contribution in [3.8, 4) is 0 Å². The van der Waals surface area contributed by atoms with E-state index in [4.69, 9.17) is 14.6 Å². The van der Waals surface area contributed by atoms with E-state index in [9.17, 15) is 19.2 Å². The van der Waals surface area contributed by atoms with Crippen LogP contribution in [0.5, 0.6) is 0 Å². The van der Waals surface area contributed by atoms with Gasteiger partial charge in [-0.3, -0.25) is 14.4 Å². The first-order chi connectivity index (χ1) is 17.3. The van der Waals surface area contributed by atoms with Crippen LogP contribution in [0.25, 0.3) is 0 Å². The number of allylic oxidation sites excluding steroid dienone is 2. The van der Waals surface area contributed by atoms with Crippen molar-refractivity contribution in [3.05, 3.63) is 61.2 Å². The van der Waals surface area contributed by atoms with Crippen molar-refractivity contribution in [2.75, 3.05) is 13.2 Å². The molecule has 0 saturated carbocycles. The summed E-state index contributed by atoms with van der Waals surface area (Å²) in [6.07, 6.45) is 5.64. The first-order valence-electron chi connectivity index (χ1n) is 12.1. The quantitative estimate of drug-likeness (QED) is 0.160. The topological polar surface area (TPSA) is 131 Å². The smallest absolute Gasteiger partial charge is 0.332 e. The molecule has 0 bridgehead atoms. The highest BCUT2D eigenvalue weighted by molar-refractivity contribution is 5.89. The summed E-state index contributed by atoms with van der Waals surface area (Å²) in [5.74, 6) is -3.07. The van der Waals surface area contributed by atoms with Gasteiger partial charge in [0, 0.05) is 18.9 Å². The second kappa shape index (κ2) is 17.9. The van der Waals surface area contributed by atoms with E-state index in [1.807, 2.05) is 6.07 Å². The van der Waals surface area contributed by atoms with Crippen LogP contribution in [0.3, 0.4) is 0 Å². The van der Waals surface area contributed by atoms with Crippen molar-refractivity contribution in [2.24, 2.45) is 5.92 Å². The Kier molecular flexibility index (Phi) is 15.2. The summed E-state index contributed by atoms with van der Waals surface area (Å²) in [7, 11) is 0. The first kappa shape index (κ1) is 30.6. The molecule has 0 saturated heterocycles. The molecule has 3 atom stereocenters. The summed E-state index contributed by atoms with van der Waals surface area (Å²) in [4.78, 5) is 50.1. The molecular weight excluding hydrogens is 464 g/mol. The van der Waals surface area contributed by atoms with E-state index in [1.165, 1.54) is 6.08 Å². The van der Waals surface area contributed by atoms with Crippen LogP contribution >= 0.6 is 0 Å². The molecule has 1 aromatic rings. The molecule has 0 aliphatic carbocycles. The molecule has 0 heterocycles. The maximum Gasteiger partial charge on any atom is 0.332 e. The zero-order chi connectivity index (χ0) is 26.8. The molecular formula is C27H38N2O7. The number of esters is 2. The minimum Gasteiger partial charge on any atom is -0.463 e. The minimum atomic E-state index is -1.25. The van der Waals surface area contributed by atoms with E-state index in [2.05, 4.69) is 23.8 Å². The molecule has 0 spiro atoms. The summed E-state index contributed by atoms with van der Waals surface area (Å²) >= 11 is 0. The van der Waals surface area contributed by atoms with Gasteiger partial charge in [-0.05, 0) is 38.2 Å². The zero-order valence-electron chi connectivity index (χ0n) is 20.9. The van der Waals surface area contributed by atoms with Crippen molar-refractivity contribution >= 4 is 23.8 Å². The van der Waals surface area contributed by atoms with E-state index < -0.39 is 48.4 Å². The highest BCUT2D eigenvalue weighted by atomic mass is 16.6. The number of ether oxygens (including phenoxy) is 2. The fraction of sp³-hybridized carbons (Fsp3) is 0.481. The van der Waals surface area contributed by atoms with Crippen LogP contribution in [-0.4, -0.2) is 54.2 Å². The number of hydrogen-bond donors (Lipinski definition) is 3. The van der Waals surface area contributed by atoms with Gasteiger partial charge < -0.3 is 25.2 Å². The van der Waals surface area contributed by atoms with Gasteiger partial charge in [-0.15, -0.1) is 13.2 Å². The second-order valence-electron chi connectivity index (χ2n) is 8.45. The van der Waals surface area contributed by atoms with Crippen LogP contribution in [0.2, 0.25) is 0 Å². The number of unbranched alkanes of at least 4 members (excludes halogenated alkanes) is 2. The summed E-state index contributed by atoms with van der Waals surface area (Å²) in [5.41, 5.74) is 0.759. The number of nitrogens with one attached hydrogen (secondary N) is 2. The Balaban J connectivity index is 2.83. The Hall–Kier alpha value is -3.46. The van der Waals surface area contributed by atoms with Gasteiger partial charge in [-0.25, -0.2) is 4.79 Å². The van der Waals surface area contributed by atoms with Crippen molar-refractivity contribution in [1.29, 1.82) is 0 Å². The third kappa shape index (κ3) is 12.9. The molecule has 0 aliphatic rings. The van der Waals surface area contributed by atoms with Crippen molar-refractivity contribution in [1.82, 2.24) is 10.6 Å². The van der Waals surface area contributed by atoms with Gasteiger partial charge >= 0.3 is 11.9 Å². The summed E-state index contributed by atoms with van der Waals surface area (Å²) in [6, 6.07) is 7.31. The summed E-state index contributed by atoms with van der Waals surface area (Å²) in [5, 5.41) is 14.3. The lowest BCUT2D eigenvalue weighted by atomic mass is 9.99. The molecule has 0 unspecified atom stereocenters. The third-order valence-corrected chi connectivity index (χ3v) is 5.21. The monoisotopic (exact) mass is 502 g/mol. The highest BCUT2D eigenvalue weighted by Gasteiger charge is 2.29. The normalized spacial score (nSPS) is 12.9. The summed E-state index contributed by atoms with van der Waals surface area (Å²) in [6.45, 7) is 8.25. The summed E-state index contributed by atoms with van der Waals surface area (Å²) < 4.78 is 10.6. The Morgan fingerprint density at radius 3 is 2.39 bits per heavy atom. The number of aliphatic hydroxyl groups is 1. The average Bonchev–Trinajstić information content (AvgIpc) is 2.87. The van der Waals surface area contributed by atoms with Gasteiger partial charge in [-0.1, -0.05) is 42.5 Å². The first-order valence-corrected chi connectivity index (χ1v) is 12.1. The van der Waals surface area contributed by atoms with E-state index in [-0.39, 0.29) is 32.5 Å². The third-order valence-electron chi connectivity index (χ3n) is 5.21. The van der Waals surface area contributed by atoms with Crippen LogP contribution in [0.1, 0.15) is 51.0 Å². The number of amides is 2. The molecule has 9 nitrogen and oxygen atoms in total. The molecule has 3 N–H and O–H groups in total. The van der Waals surface area contributed by atoms with Crippen molar-refractivity contribution in [3.63, 3.8) is 0 Å². The molecule has 2 amide bonds. The molecule has 9 heteroatoms. The molecule has 0 radical (unpaired) electrons. The SMILES string of the molecule is C=CCCCCC(=O)OC[C@@H](NC(=O)[C@H](CC=C)CC(=O)N[C@@H](C)CO)C(=O)OCc1ccccc1. The molecule has 198 valence electrons. The Morgan fingerprint density at radius 1 is 1.03 bits per heavy atom. The second-order valence-corrected chi connectivity index (χ2v) is 8.45. The van der Waals surface area contributed by atoms with Crippen LogP contribution in [0, 0.1) is 5.92 Å². The maximum absolute atomic E-state index is 13.0. The lowest BCUT2D eigenvalue weighted by Crippen LogP contribution is -2.48. The fourth-order valence-corrected chi connectivity index (χ4v) is 3.18. The predicted octanol–water partition coefficient (Wildman–Crippen LogP) is 2.58. The van der Waals surface area contributed by atoms with Crippen LogP contribution in [0.4, 0.5) is 0 Å². The van der Waals surface area contributed by atoms with Crippen LogP contribution in [0.15, 0.2) is 55.6 Å². The number of aliphatic hydroxyl groups excluding tert-OH is 1. The van der Waals surface area contributed by atoms with Crippen LogP contribution in [-0.2, 0) is 35.3 Å². The van der Waals surface area contributed by atoms with Gasteiger partial charge in [0.2, 0.25) is 11.8 Å². The molecule has 0 aromatic heterocycles. The Morgan fingerprint density at radius 2 is 1.75 bits per heavy atom. The number of carbonyl (C=O) groups is 4. The number of hydrogen-bond acceptors (Lipinski definition) is 7. The van der Waals surface area contributed by atoms with Gasteiger partial charge in [0.05, 0.1) is 12.5 Å². The fourth-order valence-electron chi connectivity index (χ4n) is 3.18. The molecule has 0 fully saturated rings. The Bertz CT molecular complexity index is 857. The lowest BCUT2D eigenvalue weighted by molar-refractivity contribution is -0.155. The number of carbonyl (C=O) groups excluding carboxylic acids is 4. The van der Waals surface area contributed by atoms with Crippen molar-refractivity contribution < 1.29 is 33.8 Å². The standard InChI is InChI=1S/C27H38N2O7/c1-4-6-7-11-15-25(32)35-19-23(27(34)36-18-21-13-9-8-10-14-21)29-26(33)22(12-5-2)16-24(31)28-20(3)17-30/h4-5,8-10,13-14,20,22-23,30H,1-2,6-7,11-12,15-19H2,3H3,(H,28,31)(H,29,33)/t20-,22+,23+/m0/s1. The number of rotatable bonds is 18. The van der Waals surface area contributed by atoms with Gasteiger partial charge in [0.15, 0.2) is 6.04 Å². The van der Waals surface area contributed by atoms with Crippen molar-refractivity contribution in [2.45, 2.75) is 64.1 Å². The zero-order valence-corrected chi connectivity index (χ0v) is 20.9. The highest BCUT2D eigenvalue weighted by Crippen LogP contribution is 2.12. The van der Waals surface area contributed by atoms with Gasteiger partial charge in [0.25, 0.3) is 0 Å². The van der Waals surface area contributed by atoms with E-state index in [0.717, 1.165) is 18.4 Å². The van der Waals surface area contributed by atoms with E-state index >= 15 is 0 Å². The largest absolute Gasteiger partial charge is 0.463 e. The Labute approximate surface area is 212 Å². The van der Waals surface area contributed by atoms with Crippen LogP contribution < -0.4 is 10.6 Å². The van der Waals surface area contributed by atoms with E-state index in [1.54, 1.807) is 37.3 Å². The molecule has 0 aliphatic heterocycles. The van der Waals surface area contributed by atoms with E-state index in [0.29, 0.717) is 6.42 Å². The molecule has 1 rings (SSSR count). The predicted molar refractivity (Wildman–Crippen MR) is 135 cm³/mol. The lowest BCUT2D eigenvalue weighted by Gasteiger charge is -2.21.